The molecular weight excluding hydrogens is 388 g/mol. The summed E-state index contributed by atoms with van der Waals surface area (Å²) >= 11 is 0. The molecule has 0 aliphatic carbocycles. The van der Waals surface area contributed by atoms with Crippen molar-refractivity contribution in [2.75, 3.05) is 33.4 Å². The number of rotatable bonds is 7. The number of benzene rings is 2. The van der Waals surface area contributed by atoms with Crippen LogP contribution >= 0.6 is 0 Å². The Bertz CT molecular complexity index is 1040. The first kappa shape index (κ1) is 21.3. The third-order valence-corrected chi connectivity index (χ3v) is 6.08. The molecular formula is C26H30N2O3. The molecule has 0 spiro atoms. The van der Waals surface area contributed by atoms with Crippen LogP contribution in [0.25, 0.3) is 10.9 Å². The monoisotopic (exact) mass is 418 g/mol. The molecule has 0 N–H and O–H groups in total. The maximum absolute atomic E-state index is 11.7. The molecule has 0 radical (unpaired) electrons. The van der Waals surface area contributed by atoms with Crippen molar-refractivity contribution >= 4 is 16.9 Å². The predicted octanol–water partition coefficient (Wildman–Crippen LogP) is 4.66. The van der Waals surface area contributed by atoms with E-state index in [9.17, 15) is 4.79 Å². The van der Waals surface area contributed by atoms with Crippen LogP contribution in [-0.2, 0) is 11.2 Å². The molecule has 3 aromatic rings. The van der Waals surface area contributed by atoms with E-state index in [-0.39, 0.29) is 5.97 Å². The number of aromatic nitrogens is 1. The van der Waals surface area contributed by atoms with E-state index in [1.165, 1.54) is 25.5 Å². The minimum atomic E-state index is -0.270. The molecule has 2 heterocycles. The van der Waals surface area contributed by atoms with Gasteiger partial charge in [-0.1, -0.05) is 18.2 Å². The van der Waals surface area contributed by atoms with Crippen LogP contribution in [-0.4, -0.2) is 49.2 Å². The van der Waals surface area contributed by atoms with Crippen molar-refractivity contribution in [2.24, 2.45) is 5.92 Å². The maximum Gasteiger partial charge on any atom is 0.337 e. The van der Waals surface area contributed by atoms with E-state index in [1.54, 1.807) is 0 Å². The number of methoxy groups -OCH3 is 1. The number of nitrogens with zero attached hydrogens (tertiary/aromatic N) is 2. The Balaban J connectivity index is 1.24. The highest BCUT2D eigenvalue weighted by Gasteiger charge is 2.20. The fourth-order valence-electron chi connectivity index (χ4n) is 4.33. The van der Waals surface area contributed by atoms with E-state index in [0.29, 0.717) is 18.1 Å². The zero-order valence-corrected chi connectivity index (χ0v) is 18.3. The summed E-state index contributed by atoms with van der Waals surface area (Å²) in [5, 5.41) is 1.07. The first-order valence-electron chi connectivity index (χ1n) is 11.0. The Morgan fingerprint density at radius 2 is 1.90 bits per heavy atom. The van der Waals surface area contributed by atoms with Crippen molar-refractivity contribution in [3.63, 3.8) is 0 Å². The summed E-state index contributed by atoms with van der Waals surface area (Å²) in [6.07, 6.45) is 3.34. The van der Waals surface area contributed by atoms with Gasteiger partial charge in [0.15, 0.2) is 0 Å². The number of hydrogen-bond acceptors (Lipinski definition) is 5. The van der Waals surface area contributed by atoms with Gasteiger partial charge in [0.25, 0.3) is 0 Å². The van der Waals surface area contributed by atoms with Crippen molar-refractivity contribution in [2.45, 2.75) is 26.2 Å². The van der Waals surface area contributed by atoms with Crippen molar-refractivity contribution < 1.29 is 14.3 Å². The van der Waals surface area contributed by atoms with Crippen molar-refractivity contribution in [1.82, 2.24) is 9.88 Å². The van der Waals surface area contributed by atoms with Crippen molar-refractivity contribution in [3.8, 4) is 5.75 Å². The molecule has 5 nitrogen and oxygen atoms in total. The fourth-order valence-corrected chi connectivity index (χ4v) is 4.33. The average molecular weight is 419 g/mol. The highest BCUT2D eigenvalue weighted by atomic mass is 16.5. The third kappa shape index (κ3) is 5.42. The fraction of sp³-hybridized carbons (Fsp3) is 0.385. The molecule has 31 heavy (non-hydrogen) atoms. The van der Waals surface area contributed by atoms with E-state index < -0.39 is 0 Å². The summed E-state index contributed by atoms with van der Waals surface area (Å²) in [5.74, 6) is 1.29. The topological polar surface area (TPSA) is 51.7 Å². The standard InChI is InChI=1S/C26H30N2O3/c1-19-9-10-23-24(27-19)7-4-8-25(23)31-16-15-28-13-11-20(12-14-28)17-21-5-3-6-22(18-21)26(29)30-2/h3-10,18,20H,11-17H2,1-2H3. The molecule has 0 bridgehead atoms. The zero-order valence-electron chi connectivity index (χ0n) is 18.3. The number of pyridine rings is 1. The smallest absolute Gasteiger partial charge is 0.337 e. The first-order valence-corrected chi connectivity index (χ1v) is 11.0. The molecule has 0 amide bonds. The van der Waals surface area contributed by atoms with Gasteiger partial charge in [-0.25, -0.2) is 4.79 Å². The van der Waals surface area contributed by atoms with Crippen LogP contribution in [0.4, 0.5) is 0 Å². The summed E-state index contributed by atoms with van der Waals surface area (Å²) < 4.78 is 10.9. The van der Waals surface area contributed by atoms with E-state index >= 15 is 0 Å². The molecule has 1 aliphatic heterocycles. The van der Waals surface area contributed by atoms with Crippen LogP contribution < -0.4 is 4.74 Å². The van der Waals surface area contributed by atoms with Crippen molar-refractivity contribution in [1.29, 1.82) is 0 Å². The minimum absolute atomic E-state index is 0.270. The second-order valence-electron chi connectivity index (χ2n) is 8.31. The van der Waals surface area contributed by atoms with Gasteiger partial charge >= 0.3 is 5.97 Å². The van der Waals surface area contributed by atoms with Gasteiger partial charge in [-0.15, -0.1) is 0 Å². The van der Waals surface area contributed by atoms with Gasteiger partial charge in [-0.05, 0) is 87.2 Å². The Morgan fingerprint density at radius 1 is 1.10 bits per heavy atom. The molecule has 1 fully saturated rings. The van der Waals surface area contributed by atoms with Gasteiger partial charge in [0, 0.05) is 17.6 Å². The van der Waals surface area contributed by atoms with Crippen molar-refractivity contribution in [3.05, 3.63) is 71.4 Å². The lowest BCUT2D eigenvalue weighted by atomic mass is 9.89. The second-order valence-corrected chi connectivity index (χ2v) is 8.31. The lowest BCUT2D eigenvalue weighted by molar-refractivity contribution is 0.0600. The highest BCUT2D eigenvalue weighted by molar-refractivity contribution is 5.89. The summed E-state index contributed by atoms with van der Waals surface area (Å²) in [4.78, 5) is 18.8. The molecule has 0 unspecified atom stereocenters. The molecule has 0 saturated carbocycles. The van der Waals surface area contributed by atoms with Crippen LogP contribution in [0.1, 0.15) is 34.5 Å². The number of likely N-dealkylation sites (tertiary alicyclic amines) is 1. The number of ether oxygens (including phenoxy) is 2. The van der Waals surface area contributed by atoms with Crippen LogP contribution in [0.2, 0.25) is 0 Å². The minimum Gasteiger partial charge on any atom is -0.492 e. The van der Waals surface area contributed by atoms with Gasteiger partial charge in [-0.2, -0.15) is 0 Å². The first-order chi connectivity index (χ1) is 15.1. The number of carbonyl (C=O) groups excluding carboxylic acids is 1. The van der Waals surface area contributed by atoms with Gasteiger partial charge in [0.1, 0.15) is 12.4 Å². The number of hydrogen-bond donors (Lipinski definition) is 0. The molecule has 4 rings (SSSR count). The summed E-state index contributed by atoms with van der Waals surface area (Å²) in [6.45, 7) is 5.79. The number of carbonyl (C=O) groups is 1. The Labute approximate surface area is 184 Å². The Morgan fingerprint density at radius 3 is 2.71 bits per heavy atom. The van der Waals surface area contributed by atoms with Crippen LogP contribution in [0.15, 0.2) is 54.6 Å². The van der Waals surface area contributed by atoms with Gasteiger partial charge in [0.2, 0.25) is 0 Å². The van der Waals surface area contributed by atoms with Gasteiger partial charge < -0.3 is 9.47 Å². The largest absolute Gasteiger partial charge is 0.492 e. The number of esters is 1. The van der Waals surface area contributed by atoms with E-state index in [4.69, 9.17) is 9.47 Å². The SMILES string of the molecule is COC(=O)c1cccc(CC2CCN(CCOc3cccc4nc(C)ccc34)CC2)c1. The van der Waals surface area contributed by atoms with Crippen LogP contribution in [0.5, 0.6) is 5.75 Å². The van der Waals surface area contributed by atoms with Crippen LogP contribution in [0, 0.1) is 12.8 Å². The Hall–Kier alpha value is -2.92. The zero-order chi connectivity index (χ0) is 21.6. The highest BCUT2D eigenvalue weighted by Crippen LogP contribution is 2.25. The maximum atomic E-state index is 11.7. The number of aryl methyl sites for hydroxylation is 1. The molecule has 2 aromatic carbocycles. The molecule has 1 saturated heterocycles. The lowest BCUT2D eigenvalue weighted by Gasteiger charge is -2.32. The normalized spacial score (nSPS) is 15.2. The van der Waals surface area contributed by atoms with Gasteiger partial charge in [-0.3, -0.25) is 9.88 Å². The lowest BCUT2D eigenvalue weighted by Crippen LogP contribution is -2.37. The summed E-state index contributed by atoms with van der Waals surface area (Å²) in [6, 6.07) is 18.0. The molecule has 162 valence electrons. The Kier molecular flexibility index (Phi) is 6.82. The molecule has 1 aromatic heterocycles. The summed E-state index contributed by atoms with van der Waals surface area (Å²) in [7, 11) is 1.42. The number of fused-ring (bicyclic) bond motifs is 1. The quantitative estimate of drug-likeness (QED) is 0.522. The molecule has 5 heteroatoms. The summed E-state index contributed by atoms with van der Waals surface area (Å²) in [5.41, 5.74) is 3.84. The van der Waals surface area contributed by atoms with E-state index in [2.05, 4.69) is 22.0 Å². The van der Waals surface area contributed by atoms with E-state index in [1.807, 2.05) is 49.4 Å². The molecule has 0 atom stereocenters. The number of piperidine rings is 1. The van der Waals surface area contributed by atoms with Gasteiger partial charge in [0.05, 0.1) is 18.2 Å². The molecule has 1 aliphatic rings. The predicted molar refractivity (Wildman–Crippen MR) is 123 cm³/mol. The second kappa shape index (κ2) is 9.92. The van der Waals surface area contributed by atoms with E-state index in [0.717, 1.165) is 48.4 Å². The third-order valence-electron chi connectivity index (χ3n) is 6.08. The van der Waals surface area contributed by atoms with Crippen LogP contribution in [0.3, 0.4) is 0 Å². The average Bonchev–Trinajstić information content (AvgIpc) is 2.80.